The minimum Gasteiger partial charge on any atom is -0.328 e. The normalized spacial score (nSPS) is 12.4. The Hall–Kier alpha value is -1.81. The van der Waals surface area contributed by atoms with E-state index in [1.54, 1.807) is 12.4 Å². The second-order valence-corrected chi connectivity index (χ2v) is 4.27. The molecule has 2 N–H and O–H groups in total. The number of aryl methyl sites for hydroxylation is 1. The lowest BCUT2D eigenvalue weighted by molar-refractivity contribution is 0.720. The van der Waals surface area contributed by atoms with Crippen molar-refractivity contribution in [3.05, 3.63) is 41.9 Å². The van der Waals surface area contributed by atoms with Crippen LogP contribution in [0.15, 0.2) is 30.6 Å². The van der Waals surface area contributed by atoms with E-state index >= 15 is 0 Å². The summed E-state index contributed by atoms with van der Waals surface area (Å²) in [5, 5.41) is 0. The molecule has 17 heavy (non-hydrogen) atoms. The smallest absolute Gasteiger partial charge is 0.178 e. The molecule has 0 amide bonds. The first kappa shape index (κ1) is 11.7. The molecule has 0 bridgehead atoms. The summed E-state index contributed by atoms with van der Waals surface area (Å²) in [7, 11) is 0. The van der Waals surface area contributed by atoms with Gasteiger partial charge < -0.3 is 5.73 Å². The van der Waals surface area contributed by atoms with Gasteiger partial charge in [-0.3, -0.25) is 4.98 Å². The Kier molecular flexibility index (Phi) is 3.44. The van der Waals surface area contributed by atoms with E-state index in [9.17, 15) is 0 Å². The molecule has 0 saturated heterocycles. The Bertz CT molecular complexity index is 508. The average Bonchev–Trinajstić information content (AvgIpc) is 2.28. The topological polar surface area (TPSA) is 64.7 Å². The number of hydrogen-bond acceptors (Lipinski definition) is 4. The highest BCUT2D eigenvalue weighted by atomic mass is 14.9. The molecular weight excluding hydrogens is 212 g/mol. The molecule has 0 aliphatic rings. The van der Waals surface area contributed by atoms with Crippen molar-refractivity contribution in [2.24, 2.45) is 5.73 Å². The van der Waals surface area contributed by atoms with E-state index in [1.807, 2.05) is 32.0 Å². The molecule has 0 fully saturated rings. The summed E-state index contributed by atoms with van der Waals surface area (Å²) in [6.45, 7) is 3.99. The van der Waals surface area contributed by atoms with Gasteiger partial charge in [-0.2, -0.15) is 0 Å². The van der Waals surface area contributed by atoms with Gasteiger partial charge in [-0.25, -0.2) is 9.97 Å². The molecule has 0 aromatic carbocycles. The first-order valence-corrected chi connectivity index (χ1v) is 5.65. The highest BCUT2D eigenvalue weighted by Gasteiger charge is 2.05. The van der Waals surface area contributed by atoms with Gasteiger partial charge >= 0.3 is 0 Å². The number of nitrogens with zero attached hydrogens (tertiary/aromatic N) is 3. The maximum absolute atomic E-state index is 5.76. The van der Waals surface area contributed by atoms with Crippen LogP contribution in [0.1, 0.15) is 18.2 Å². The van der Waals surface area contributed by atoms with Gasteiger partial charge in [0.2, 0.25) is 0 Å². The van der Waals surface area contributed by atoms with E-state index in [-0.39, 0.29) is 6.04 Å². The van der Waals surface area contributed by atoms with Crippen LogP contribution in [0.25, 0.3) is 11.5 Å². The summed E-state index contributed by atoms with van der Waals surface area (Å²) in [6, 6.07) is 5.92. The lowest BCUT2D eigenvalue weighted by Crippen LogP contribution is -2.18. The third-order valence-electron chi connectivity index (χ3n) is 2.39. The van der Waals surface area contributed by atoms with Gasteiger partial charge in [0.25, 0.3) is 0 Å². The Morgan fingerprint density at radius 2 is 2.00 bits per heavy atom. The van der Waals surface area contributed by atoms with E-state index < -0.39 is 0 Å². The summed E-state index contributed by atoms with van der Waals surface area (Å²) in [5.41, 5.74) is 8.66. The zero-order chi connectivity index (χ0) is 12.3. The first-order chi connectivity index (χ1) is 8.15. The molecule has 0 spiro atoms. The molecule has 2 heterocycles. The second-order valence-electron chi connectivity index (χ2n) is 4.27. The predicted octanol–water partition coefficient (Wildman–Crippen LogP) is 1.74. The molecule has 0 aliphatic heterocycles. The fourth-order valence-corrected chi connectivity index (χ4v) is 1.62. The summed E-state index contributed by atoms with van der Waals surface area (Å²) >= 11 is 0. The van der Waals surface area contributed by atoms with Crippen LogP contribution in [0.5, 0.6) is 0 Å². The van der Waals surface area contributed by atoms with Crippen molar-refractivity contribution in [2.75, 3.05) is 0 Å². The van der Waals surface area contributed by atoms with Crippen molar-refractivity contribution < 1.29 is 0 Å². The minimum atomic E-state index is 0.100. The average molecular weight is 228 g/mol. The quantitative estimate of drug-likeness (QED) is 0.869. The third kappa shape index (κ3) is 3.07. The Labute approximate surface area is 101 Å². The van der Waals surface area contributed by atoms with Crippen LogP contribution >= 0.6 is 0 Å². The molecule has 4 nitrogen and oxygen atoms in total. The number of rotatable bonds is 3. The molecule has 0 aliphatic carbocycles. The number of hydrogen-bond donors (Lipinski definition) is 1. The van der Waals surface area contributed by atoms with E-state index in [1.165, 1.54) is 0 Å². The second kappa shape index (κ2) is 5.01. The Morgan fingerprint density at radius 1 is 1.24 bits per heavy atom. The van der Waals surface area contributed by atoms with Gasteiger partial charge in [0.05, 0.1) is 0 Å². The van der Waals surface area contributed by atoms with E-state index in [4.69, 9.17) is 5.73 Å². The van der Waals surface area contributed by atoms with Gasteiger partial charge in [-0.15, -0.1) is 0 Å². The maximum Gasteiger partial charge on any atom is 0.178 e. The summed E-state index contributed by atoms with van der Waals surface area (Å²) in [4.78, 5) is 13.0. The maximum atomic E-state index is 5.76. The summed E-state index contributed by atoms with van der Waals surface area (Å²) < 4.78 is 0. The van der Waals surface area contributed by atoms with Crippen molar-refractivity contribution >= 4 is 0 Å². The van der Waals surface area contributed by atoms with Crippen molar-refractivity contribution in [3.63, 3.8) is 0 Å². The zero-order valence-corrected chi connectivity index (χ0v) is 10.1. The Balaban J connectivity index is 2.33. The molecule has 0 saturated carbocycles. The Morgan fingerprint density at radius 3 is 2.71 bits per heavy atom. The number of aromatic nitrogens is 3. The van der Waals surface area contributed by atoms with Gasteiger partial charge in [0.15, 0.2) is 5.82 Å². The molecule has 1 unspecified atom stereocenters. The monoisotopic (exact) mass is 228 g/mol. The molecule has 2 aromatic heterocycles. The highest BCUT2D eigenvalue weighted by Crippen LogP contribution is 2.13. The van der Waals surface area contributed by atoms with Crippen molar-refractivity contribution in [2.45, 2.75) is 26.3 Å². The molecule has 2 rings (SSSR count). The van der Waals surface area contributed by atoms with Gasteiger partial charge in [0, 0.05) is 30.6 Å². The van der Waals surface area contributed by atoms with Crippen LogP contribution in [-0.2, 0) is 6.42 Å². The molecule has 88 valence electrons. The van der Waals surface area contributed by atoms with E-state index in [0.717, 1.165) is 23.4 Å². The zero-order valence-electron chi connectivity index (χ0n) is 10.1. The number of pyridine rings is 1. The fourth-order valence-electron chi connectivity index (χ4n) is 1.62. The van der Waals surface area contributed by atoms with Crippen LogP contribution in [0.2, 0.25) is 0 Å². The van der Waals surface area contributed by atoms with Gasteiger partial charge in [-0.1, -0.05) is 0 Å². The van der Waals surface area contributed by atoms with Crippen LogP contribution in [-0.4, -0.2) is 21.0 Å². The SMILES string of the molecule is Cc1ccnc(-c2nccc(CC(C)N)n2)c1. The molecule has 0 radical (unpaired) electrons. The van der Waals surface area contributed by atoms with Gasteiger partial charge in [-0.05, 0) is 37.6 Å². The van der Waals surface area contributed by atoms with Crippen LogP contribution in [0.3, 0.4) is 0 Å². The van der Waals surface area contributed by atoms with Crippen LogP contribution < -0.4 is 5.73 Å². The summed E-state index contributed by atoms with van der Waals surface area (Å²) in [5.74, 6) is 0.659. The van der Waals surface area contributed by atoms with E-state index in [0.29, 0.717) is 5.82 Å². The molecule has 4 heteroatoms. The largest absolute Gasteiger partial charge is 0.328 e. The van der Waals surface area contributed by atoms with Crippen molar-refractivity contribution in [3.8, 4) is 11.5 Å². The van der Waals surface area contributed by atoms with Crippen molar-refractivity contribution in [1.82, 2.24) is 15.0 Å². The summed E-state index contributed by atoms with van der Waals surface area (Å²) in [6.07, 6.45) is 4.28. The molecular formula is C13H16N4. The van der Waals surface area contributed by atoms with Gasteiger partial charge in [0.1, 0.15) is 5.69 Å². The standard InChI is InChI=1S/C13H16N4/c1-9-3-5-15-12(7-9)13-16-6-4-11(17-13)8-10(2)14/h3-7,10H,8,14H2,1-2H3. The number of nitrogens with two attached hydrogens (primary N) is 1. The fraction of sp³-hybridized carbons (Fsp3) is 0.308. The molecule has 2 aromatic rings. The highest BCUT2D eigenvalue weighted by molar-refractivity contribution is 5.49. The first-order valence-electron chi connectivity index (χ1n) is 5.65. The van der Waals surface area contributed by atoms with Crippen molar-refractivity contribution in [1.29, 1.82) is 0 Å². The third-order valence-corrected chi connectivity index (χ3v) is 2.39. The minimum absolute atomic E-state index is 0.100. The lowest BCUT2D eigenvalue weighted by atomic mass is 10.2. The predicted molar refractivity (Wildman–Crippen MR) is 67.4 cm³/mol. The van der Waals surface area contributed by atoms with Crippen LogP contribution in [0, 0.1) is 6.92 Å². The van der Waals surface area contributed by atoms with E-state index in [2.05, 4.69) is 15.0 Å². The molecule has 1 atom stereocenters. The lowest BCUT2D eigenvalue weighted by Gasteiger charge is -2.06. The van der Waals surface area contributed by atoms with Crippen LogP contribution in [0.4, 0.5) is 0 Å².